The maximum absolute atomic E-state index is 12.1. The van der Waals surface area contributed by atoms with E-state index >= 15 is 0 Å². The van der Waals surface area contributed by atoms with Crippen LogP contribution in [-0.4, -0.2) is 30.6 Å². The molecule has 4 nitrogen and oxygen atoms in total. The van der Waals surface area contributed by atoms with Gasteiger partial charge in [-0.05, 0) is 53.9 Å². The molecule has 0 spiro atoms. The first-order chi connectivity index (χ1) is 12.3. The monoisotopic (exact) mass is 358 g/mol. The van der Waals surface area contributed by atoms with Crippen LogP contribution in [-0.2, 0) is 11.3 Å². The van der Waals surface area contributed by atoms with Gasteiger partial charge < -0.3 is 10.1 Å². The highest BCUT2D eigenvalue weighted by atomic mass is 32.1. The van der Waals surface area contributed by atoms with Gasteiger partial charge in [-0.3, -0.25) is 4.90 Å². The van der Waals surface area contributed by atoms with E-state index in [1.54, 1.807) is 11.3 Å². The van der Waals surface area contributed by atoms with Crippen molar-refractivity contribution in [2.45, 2.75) is 38.3 Å². The molecule has 0 aliphatic carbocycles. The van der Waals surface area contributed by atoms with Crippen molar-refractivity contribution in [1.82, 2.24) is 10.2 Å². The van der Waals surface area contributed by atoms with Crippen LogP contribution in [0.5, 0.6) is 0 Å². The van der Waals surface area contributed by atoms with E-state index < -0.39 is 0 Å². The largest absolute Gasteiger partial charge is 0.445 e. The van der Waals surface area contributed by atoms with Crippen molar-refractivity contribution in [3.8, 4) is 0 Å². The Kier molecular flexibility index (Phi) is 6.89. The number of rotatable bonds is 6. The van der Waals surface area contributed by atoms with E-state index in [1.165, 1.54) is 31.2 Å². The molecule has 1 N–H and O–H groups in total. The van der Waals surface area contributed by atoms with Gasteiger partial charge in [-0.1, -0.05) is 43.2 Å². The van der Waals surface area contributed by atoms with Crippen molar-refractivity contribution in [2.24, 2.45) is 0 Å². The summed E-state index contributed by atoms with van der Waals surface area (Å²) < 4.78 is 5.34. The molecule has 0 bridgehead atoms. The summed E-state index contributed by atoms with van der Waals surface area (Å²) in [5.41, 5.74) is 2.29. The van der Waals surface area contributed by atoms with Gasteiger partial charge in [0.15, 0.2) is 0 Å². The zero-order valence-corrected chi connectivity index (χ0v) is 15.3. The molecule has 1 aromatic carbocycles. The summed E-state index contributed by atoms with van der Waals surface area (Å²) in [5, 5.41) is 7.25. The molecule has 0 radical (unpaired) electrons. The third-order valence-electron chi connectivity index (χ3n) is 4.66. The summed E-state index contributed by atoms with van der Waals surface area (Å²) in [6.45, 7) is 3.09. The molecule has 1 fully saturated rings. The third-order valence-corrected chi connectivity index (χ3v) is 5.36. The van der Waals surface area contributed by atoms with E-state index in [4.69, 9.17) is 4.74 Å². The maximum atomic E-state index is 12.1. The van der Waals surface area contributed by atoms with Gasteiger partial charge in [0, 0.05) is 6.54 Å². The number of nitrogens with zero attached hydrogens (tertiary/aromatic N) is 1. The molecule has 5 heteroatoms. The molecule has 134 valence electrons. The summed E-state index contributed by atoms with van der Waals surface area (Å²) in [6.07, 6.45) is 4.73. The molecule has 1 saturated heterocycles. The lowest BCUT2D eigenvalue weighted by Crippen LogP contribution is -2.38. The number of hydrogen-bond donors (Lipinski definition) is 1. The number of carbonyl (C=O) groups excluding carboxylic acids is 1. The first kappa shape index (κ1) is 18.0. The Morgan fingerprint density at radius 3 is 2.56 bits per heavy atom. The number of amides is 1. The van der Waals surface area contributed by atoms with Gasteiger partial charge in [0.2, 0.25) is 0 Å². The number of nitrogens with one attached hydrogen (secondary N) is 1. The molecule has 1 atom stereocenters. The minimum absolute atomic E-state index is 0.230. The van der Waals surface area contributed by atoms with E-state index in [-0.39, 0.29) is 12.1 Å². The number of carbonyl (C=O) groups is 1. The first-order valence-electron chi connectivity index (χ1n) is 9.03. The van der Waals surface area contributed by atoms with Crippen molar-refractivity contribution >= 4 is 17.4 Å². The number of hydrogen-bond acceptors (Lipinski definition) is 4. The average molecular weight is 359 g/mol. The van der Waals surface area contributed by atoms with Crippen molar-refractivity contribution in [1.29, 1.82) is 0 Å². The lowest BCUT2D eigenvalue weighted by molar-refractivity contribution is 0.132. The molecule has 2 heterocycles. The van der Waals surface area contributed by atoms with Gasteiger partial charge in [-0.2, -0.15) is 11.3 Å². The lowest BCUT2D eigenvalue weighted by atomic mass is 10.1. The highest BCUT2D eigenvalue weighted by molar-refractivity contribution is 7.07. The Morgan fingerprint density at radius 2 is 1.88 bits per heavy atom. The Balaban J connectivity index is 1.54. The zero-order chi connectivity index (χ0) is 17.3. The molecular weight excluding hydrogens is 332 g/mol. The van der Waals surface area contributed by atoms with Crippen LogP contribution in [0.3, 0.4) is 0 Å². The average Bonchev–Trinajstić information content (AvgIpc) is 3.04. The van der Waals surface area contributed by atoms with E-state index in [2.05, 4.69) is 27.0 Å². The van der Waals surface area contributed by atoms with Crippen LogP contribution in [0.4, 0.5) is 4.79 Å². The van der Waals surface area contributed by atoms with Gasteiger partial charge in [0.25, 0.3) is 0 Å². The molecule has 1 unspecified atom stereocenters. The molecule has 1 aliphatic heterocycles. The van der Waals surface area contributed by atoms with Crippen molar-refractivity contribution in [3.05, 3.63) is 58.3 Å². The second-order valence-electron chi connectivity index (χ2n) is 6.47. The lowest BCUT2D eigenvalue weighted by Gasteiger charge is -2.30. The summed E-state index contributed by atoms with van der Waals surface area (Å²) in [7, 11) is 0. The predicted octanol–water partition coefficient (Wildman–Crippen LogP) is 4.59. The topological polar surface area (TPSA) is 41.6 Å². The third kappa shape index (κ3) is 5.58. The molecule has 3 rings (SSSR count). The molecule has 0 saturated carbocycles. The first-order valence-corrected chi connectivity index (χ1v) is 9.98. The Morgan fingerprint density at radius 1 is 1.12 bits per heavy atom. The van der Waals surface area contributed by atoms with Crippen LogP contribution >= 0.6 is 11.3 Å². The van der Waals surface area contributed by atoms with Crippen LogP contribution in [0.15, 0.2) is 47.2 Å². The van der Waals surface area contributed by atoms with Crippen LogP contribution in [0.1, 0.15) is 42.9 Å². The Hall–Kier alpha value is -1.85. The summed E-state index contributed by atoms with van der Waals surface area (Å²) in [5.74, 6) is 0. The normalized spacial score (nSPS) is 16.8. The second kappa shape index (κ2) is 9.59. The van der Waals surface area contributed by atoms with Crippen LogP contribution in [0.2, 0.25) is 0 Å². The fourth-order valence-electron chi connectivity index (χ4n) is 3.28. The van der Waals surface area contributed by atoms with E-state index in [9.17, 15) is 4.79 Å². The molecule has 1 amide bonds. The smallest absolute Gasteiger partial charge is 0.407 e. The van der Waals surface area contributed by atoms with Crippen molar-refractivity contribution < 1.29 is 9.53 Å². The van der Waals surface area contributed by atoms with Gasteiger partial charge >= 0.3 is 6.09 Å². The maximum Gasteiger partial charge on any atom is 0.407 e. The minimum Gasteiger partial charge on any atom is -0.445 e. The zero-order valence-electron chi connectivity index (χ0n) is 14.5. The molecule has 1 aliphatic rings. The molecule has 2 aromatic rings. The van der Waals surface area contributed by atoms with Gasteiger partial charge in [-0.25, -0.2) is 4.79 Å². The number of benzene rings is 1. The highest BCUT2D eigenvalue weighted by Gasteiger charge is 2.22. The Labute approximate surface area is 153 Å². The number of alkyl carbamates (subject to hydrolysis) is 1. The predicted molar refractivity (Wildman–Crippen MR) is 102 cm³/mol. The van der Waals surface area contributed by atoms with E-state index in [0.29, 0.717) is 13.2 Å². The standard InChI is InChI=1S/C20H26N2O2S/c23-20(24-15-17-8-4-3-5-9-17)21-14-19(18-10-13-25-16-18)22-11-6-1-2-7-12-22/h3-5,8-10,13,16,19H,1-2,6-7,11-12,14-15H2,(H,21,23). The minimum atomic E-state index is -0.348. The van der Waals surface area contributed by atoms with Gasteiger partial charge in [0.1, 0.15) is 6.61 Å². The Bertz CT molecular complexity index is 622. The van der Waals surface area contributed by atoms with Crippen LogP contribution in [0, 0.1) is 0 Å². The fourth-order valence-corrected chi connectivity index (χ4v) is 3.99. The summed E-state index contributed by atoms with van der Waals surface area (Å²) in [6, 6.07) is 12.2. The highest BCUT2D eigenvalue weighted by Crippen LogP contribution is 2.25. The van der Waals surface area contributed by atoms with Gasteiger partial charge in [0.05, 0.1) is 6.04 Å². The van der Waals surface area contributed by atoms with E-state index in [0.717, 1.165) is 18.7 Å². The molecule has 1 aromatic heterocycles. The van der Waals surface area contributed by atoms with Crippen molar-refractivity contribution in [2.75, 3.05) is 19.6 Å². The van der Waals surface area contributed by atoms with Crippen LogP contribution in [0.25, 0.3) is 0 Å². The second-order valence-corrected chi connectivity index (χ2v) is 7.25. The number of ether oxygens (including phenoxy) is 1. The quantitative estimate of drug-likeness (QED) is 0.821. The summed E-state index contributed by atoms with van der Waals surface area (Å²) >= 11 is 1.71. The molecule has 25 heavy (non-hydrogen) atoms. The molecular formula is C20H26N2O2S. The van der Waals surface area contributed by atoms with Gasteiger partial charge in [-0.15, -0.1) is 0 Å². The number of thiophene rings is 1. The summed E-state index contributed by atoms with van der Waals surface area (Å²) in [4.78, 5) is 14.6. The van der Waals surface area contributed by atoms with E-state index in [1.807, 2.05) is 30.3 Å². The van der Waals surface area contributed by atoms with Crippen LogP contribution < -0.4 is 5.32 Å². The van der Waals surface area contributed by atoms with Crippen molar-refractivity contribution in [3.63, 3.8) is 0 Å². The number of likely N-dealkylation sites (tertiary alicyclic amines) is 1. The SMILES string of the molecule is O=C(NCC(c1ccsc1)N1CCCCCC1)OCc1ccccc1. The fraction of sp³-hybridized carbons (Fsp3) is 0.450.